The summed E-state index contributed by atoms with van der Waals surface area (Å²) in [6, 6.07) is 9.70. The number of nitrogens with zero attached hydrogens (tertiary/aromatic N) is 3. The summed E-state index contributed by atoms with van der Waals surface area (Å²) < 4.78 is 5.68. The van der Waals surface area contributed by atoms with Gasteiger partial charge in [-0.1, -0.05) is 44.1 Å². The molecule has 0 unspecified atom stereocenters. The Morgan fingerprint density at radius 2 is 1.78 bits per heavy atom. The van der Waals surface area contributed by atoms with E-state index >= 15 is 0 Å². The van der Waals surface area contributed by atoms with Crippen LogP contribution >= 0.6 is 0 Å². The van der Waals surface area contributed by atoms with E-state index in [0.29, 0.717) is 6.61 Å². The molecule has 23 heavy (non-hydrogen) atoms. The first kappa shape index (κ1) is 16.7. The lowest BCUT2D eigenvalue weighted by Crippen LogP contribution is -1.93. The molecule has 0 saturated carbocycles. The van der Waals surface area contributed by atoms with E-state index in [0.717, 1.165) is 23.3 Å². The van der Waals surface area contributed by atoms with Crippen LogP contribution in [0.15, 0.2) is 48.8 Å². The summed E-state index contributed by atoms with van der Waals surface area (Å²) in [6.45, 7) is 2.80. The highest BCUT2D eigenvalue weighted by molar-refractivity contribution is 5.62. The zero-order valence-corrected chi connectivity index (χ0v) is 13.4. The minimum Gasteiger partial charge on any atom is -0.490 e. The Hall–Kier alpha value is -2.67. The molecule has 0 spiro atoms. The van der Waals surface area contributed by atoms with Gasteiger partial charge in [0.15, 0.2) is 0 Å². The standard InChI is InChI=1S/C19H21N3O/c1-2-3-4-5-6-7-12-23-18-10-8-16(9-11-18)17-14-21-19(13-20)22-15-17/h6-11,14-15H,2-5,12H2,1H3/b7-6+. The minimum atomic E-state index is 0.180. The van der Waals surface area contributed by atoms with Gasteiger partial charge in [0.2, 0.25) is 5.82 Å². The van der Waals surface area contributed by atoms with Crippen molar-refractivity contribution in [2.45, 2.75) is 32.6 Å². The van der Waals surface area contributed by atoms with Crippen LogP contribution in [-0.2, 0) is 0 Å². The van der Waals surface area contributed by atoms with Crippen LogP contribution in [0.3, 0.4) is 0 Å². The average molecular weight is 307 g/mol. The number of unbranched alkanes of at least 4 members (excludes halogenated alkanes) is 3. The number of benzene rings is 1. The third kappa shape index (κ3) is 5.55. The van der Waals surface area contributed by atoms with E-state index in [1.807, 2.05) is 30.3 Å². The molecule has 0 aliphatic heterocycles. The molecule has 0 fully saturated rings. The first-order valence-corrected chi connectivity index (χ1v) is 7.94. The van der Waals surface area contributed by atoms with Gasteiger partial charge in [0.05, 0.1) is 0 Å². The number of rotatable bonds is 8. The molecule has 0 saturated heterocycles. The van der Waals surface area contributed by atoms with Gasteiger partial charge in [-0.05, 0) is 30.5 Å². The van der Waals surface area contributed by atoms with Crippen LogP contribution in [0.5, 0.6) is 5.75 Å². The molecule has 0 aliphatic carbocycles. The smallest absolute Gasteiger partial charge is 0.232 e. The van der Waals surface area contributed by atoms with Gasteiger partial charge in [0.1, 0.15) is 18.4 Å². The number of hydrogen-bond acceptors (Lipinski definition) is 4. The van der Waals surface area contributed by atoms with Crippen molar-refractivity contribution < 1.29 is 4.74 Å². The van der Waals surface area contributed by atoms with Gasteiger partial charge in [-0.15, -0.1) is 0 Å². The highest BCUT2D eigenvalue weighted by Crippen LogP contribution is 2.21. The molecule has 0 atom stereocenters. The first-order chi connectivity index (χ1) is 11.3. The third-order valence-corrected chi connectivity index (χ3v) is 3.43. The van der Waals surface area contributed by atoms with Gasteiger partial charge in [0, 0.05) is 18.0 Å². The van der Waals surface area contributed by atoms with Gasteiger partial charge in [-0.25, -0.2) is 9.97 Å². The van der Waals surface area contributed by atoms with Crippen molar-refractivity contribution in [3.05, 3.63) is 54.6 Å². The summed E-state index contributed by atoms with van der Waals surface area (Å²) in [6.07, 6.45) is 12.5. The lowest BCUT2D eigenvalue weighted by Gasteiger charge is -2.05. The molecule has 2 rings (SSSR count). The molecule has 1 heterocycles. The van der Waals surface area contributed by atoms with Gasteiger partial charge in [-0.2, -0.15) is 5.26 Å². The number of nitriles is 1. The fraction of sp³-hybridized carbons (Fsp3) is 0.316. The molecule has 0 amide bonds. The van der Waals surface area contributed by atoms with E-state index in [2.05, 4.69) is 29.0 Å². The average Bonchev–Trinajstić information content (AvgIpc) is 2.61. The molecular formula is C19H21N3O. The van der Waals surface area contributed by atoms with E-state index in [9.17, 15) is 0 Å². The number of aromatic nitrogens is 2. The highest BCUT2D eigenvalue weighted by atomic mass is 16.5. The van der Waals surface area contributed by atoms with Crippen molar-refractivity contribution in [1.82, 2.24) is 9.97 Å². The van der Waals surface area contributed by atoms with Gasteiger partial charge in [0.25, 0.3) is 0 Å². The van der Waals surface area contributed by atoms with Crippen molar-refractivity contribution in [2.75, 3.05) is 6.61 Å². The van der Waals surface area contributed by atoms with Crippen LogP contribution in [0.25, 0.3) is 11.1 Å². The van der Waals surface area contributed by atoms with Crippen LogP contribution < -0.4 is 4.74 Å². The van der Waals surface area contributed by atoms with Crippen molar-refractivity contribution in [1.29, 1.82) is 5.26 Å². The van der Waals surface area contributed by atoms with E-state index < -0.39 is 0 Å². The second kappa shape index (κ2) is 9.37. The summed E-state index contributed by atoms with van der Waals surface area (Å²) in [5, 5.41) is 8.70. The minimum absolute atomic E-state index is 0.180. The Morgan fingerprint density at radius 3 is 2.43 bits per heavy atom. The topological polar surface area (TPSA) is 58.8 Å². The second-order valence-corrected chi connectivity index (χ2v) is 5.21. The maximum Gasteiger partial charge on any atom is 0.232 e. The molecule has 1 aromatic carbocycles. The Morgan fingerprint density at radius 1 is 1.04 bits per heavy atom. The monoisotopic (exact) mass is 307 g/mol. The van der Waals surface area contributed by atoms with Crippen molar-refractivity contribution >= 4 is 0 Å². The summed E-state index contributed by atoms with van der Waals surface area (Å²) in [5.41, 5.74) is 1.88. The Bertz CT molecular complexity index is 655. The lowest BCUT2D eigenvalue weighted by atomic mass is 10.1. The van der Waals surface area contributed by atoms with Gasteiger partial charge < -0.3 is 4.74 Å². The fourth-order valence-electron chi connectivity index (χ4n) is 2.12. The van der Waals surface area contributed by atoms with Crippen molar-refractivity contribution in [2.24, 2.45) is 0 Å². The summed E-state index contributed by atoms with van der Waals surface area (Å²) in [4.78, 5) is 7.95. The maximum absolute atomic E-state index is 8.70. The lowest BCUT2D eigenvalue weighted by molar-refractivity contribution is 0.362. The molecule has 118 valence electrons. The van der Waals surface area contributed by atoms with E-state index in [4.69, 9.17) is 10.00 Å². The van der Waals surface area contributed by atoms with E-state index in [1.165, 1.54) is 19.3 Å². The Labute approximate surface area is 137 Å². The summed E-state index contributed by atoms with van der Waals surface area (Å²) in [5.74, 6) is 1.01. The normalized spacial score (nSPS) is 10.6. The van der Waals surface area contributed by atoms with E-state index in [1.54, 1.807) is 12.4 Å². The van der Waals surface area contributed by atoms with Crippen LogP contribution in [0, 0.1) is 11.3 Å². The van der Waals surface area contributed by atoms with Gasteiger partial charge in [-0.3, -0.25) is 0 Å². The number of hydrogen-bond donors (Lipinski definition) is 0. The molecule has 0 bridgehead atoms. The number of allylic oxidation sites excluding steroid dienone is 1. The highest BCUT2D eigenvalue weighted by Gasteiger charge is 2.00. The first-order valence-electron chi connectivity index (χ1n) is 7.94. The summed E-state index contributed by atoms with van der Waals surface area (Å²) >= 11 is 0. The molecule has 0 N–H and O–H groups in total. The largest absolute Gasteiger partial charge is 0.490 e. The quantitative estimate of drug-likeness (QED) is 0.531. The number of ether oxygens (including phenoxy) is 1. The fourth-order valence-corrected chi connectivity index (χ4v) is 2.12. The van der Waals surface area contributed by atoms with Crippen molar-refractivity contribution in [3.63, 3.8) is 0 Å². The molecule has 1 aromatic heterocycles. The van der Waals surface area contributed by atoms with Crippen LogP contribution in [0.1, 0.15) is 38.4 Å². The van der Waals surface area contributed by atoms with E-state index in [-0.39, 0.29) is 5.82 Å². The predicted octanol–water partition coefficient (Wildman–Crippen LogP) is 4.53. The molecule has 4 heteroatoms. The zero-order valence-electron chi connectivity index (χ0n) is 13.4. The molecule has 0 radical (unpaired) electrons. The SMILES string of the molecule is CCCCC/C=C/COc1ccc(-c2cnc(C#N)nc2)cc1. The van der Waals surface area contributed by atoms with Crippen LogP contribution in [0.2, 0.25) is 0 Å². The Balaban J connectivity index is 1.83. The third-order valence-electron chi connectivity index (χ3n) is 3.43. The second-order valence-electron chi connectivity index (χ2n) is 5.21. The van der Waals surface area contributed by atoms with Crippen LogP contribution in [-0.4, -0.2) is 16.6 Å². The molecule has 2 aromatic rings. The molecular weight excluding hydrogens is 286 g/mol. The van der Waals surface area contributed by atoms with Gasteiger partial charge >= 0.3 is 0 Å². The summed E-state index contributed by atoms with van der Waals surface area (Å²) in [7, 11) is 0. The Kier molecular flexibility index (Phi) is 6.80. The maximum atomic E-state index is 8.70. The van der Waals surface area contributed by atoms with Crippen LogP contribution in [0.4, 0.5) is 0 Å². The van der Waals surface area contributed by atoms with Crippen molar-refractivity contribution in [3.8, 4) is 22.9 Å². The predicted molar refractivity (Wildman–Crippen MR) is 91.0 cm³/mol. The molecule has 0 aliphatic rings. The molecule has 4 nitrogen and oxygen atoms in total. The zero-order chi connectivity index (χ0) is 16.3.